The van der Waals surface area contributed by atoms with E-state index in [9.17, 15) is 5.11 Å². The van der Waals surface area contributed by atoms with E-state index in [1.54, 1.807) is 30.7 Å². The summed E-state index contributed by atoms with van der Waals surface area (Å²) in [4.78, 5) is 4.07. The number of nitrogens with zero attached hydrogens (tertiary/aromatic N) is 2. The molecule has 0 aliphatic carbocycles. The van der Waals surface area contributed by atoms with Crippen LogP contribution in [0.4, 0.5) is 0 Å². The van der Waals surface area contributed by atoms with Crippen molar-refractivity contribution < 1.29 is 5.11 Å². The highest BCUT2D eigenvalue weighted by atomic mass is 35.5. The third kappa shape index (κ3) is 2.69. The number of aryl methyl sites for hydroxylation is 1. The van der Waals surface area contributed by atoms with Crippen molar-refractivity contribution in [2.75, 3.05) is 0 Å². The molecule has 1 heterocycles. The minimum atomic E-state index is -0.815. The van der Waals surface area contributed by atoms with E-state index in [1.165, 1.54) is 0 Å². The average Bonchev–Trinajstić information content (AvgIpc) is 2.80. The third-order valence-electron chi connectivity index (χ3n) is 2.74. The van der Waals surface area contributed by atoms with Crippen molar-refractivity contribution in [2.24, 2.45) is 0 Å². The van der Waals surface area contributed by atoms with Gasteiger partial charge in [0.2, 0.25) is 0 Å². The van der Waals surface area contributed by atoms with Gasteiger partial charge in [-0.2, -0.15) is 0 Å². The molecule has 0 radical (unpaired) electrons. The van der Waals surface area contributed by atoms with E-state index in [0.717, 1.165) is 18.7 Å². The molecular formula is C13H14Cl2N2O. The van der Waals surface area contributed by atoms with E-state index >= 15 is 0 Å². The van der Waals surface area contributed by atoms with Gasteiger partial charge in [0.05, 0.1) is 18.2 Å². The van der Waals surface area contributed by atoms with Gasteiger partial charge in [0.25, 0.3) is 0 Å². The average molecular weight is 285 g/mol. The maximum Gasteiger partial charge on any atom is 0.122 e. The van der Waals surface area contributed by atoms with Crippen LogP contribution in [0.2, 0.25) is 10.0 Å². The Morgan fingerprint density at radius 2 is 2.17 bits per heavy atom. The largest absolute Gasteiger partial charge is 0.382 e. The van der Waals surface area contributed by atoms with Crippen LogP contribution in [0.25, 0.3) is 0 Å². The van der Waals surface area contributed by atoms with E-state index in [1.807, 2.05) is 4.57 Å². The zero-order chi connectivity index (χ0) is 13.1. The van der Waals surface area contributed by atoms with E-state index in [0.29, 0.717) is 15.6 Å². The zero-order valence-electron chi connectivity index (χ0n) is 9.98. The molecule has 96 valence electrons. The van der Waals surface area contributed by atoms with Crippen molar-refractivity contribution in [3.8, 4) is 0 Å². The van der Waals surface area contributed by atoms with Crippen molar-refractivity contribution in [2.45, 2.75) is 26.0 Å². The Morgan fingerprint density at radius 3 is 2.89 bits per heavy atom. The van der Waals surface area contributed by atoms with E-state index in [-0.39, 0.29) is 0 Å². The Morgan fingerprint density at radius 1 is 1.39 bits per heavy atom. The second-order valence-electron chi connectivity index (χ2n) is 4.08. The molecule has 18 heavy (non-hydrogen) atoms. The molecule has 1 aromatic heterocycles. The summed E-state index contributed by atoms with van der Waals surface area (Å²) < 4.78 is 1.92. The van der Waals surface area contributed by atoms with Crippen LogP contribution in [0.3, 0.4) is 0 Å². The molecule has 1 unspecified atom stereocenters. The lowest BCUT2D eigenvalue weighted by Gasteiger charge is -2.15. The first kappa shape index (κ1) is 13.4. The number of aliphatic hydroxyl groups excluding tert-OH is 1. The van der Waals surface area contributed by atoms with Crippen LogP contribution in [0.1, 0.15) is 30.7 Å². The summed E-state index contributed by atoms with van der Waals surface area (Å²) in [5, 5.41) is 11.4. The SMILES string of the molecule is CCCn1cncc1C(O)c1cc(Cl)ccc1Cl. The molecule has 1 atom stereocenters. The predicted molar refractivity (Wildman–Crippen MR) is 73.0 cm³/mol. The van der Waals surface area contributed by atoms with Crippen LogP contribution in [0, 0.1) is 0 Å². The van der Waals surface area contributed by atoms with Gasteiger partial charge in [-0.05, 0) is 24.6 Å². The smallest absolute Gasteiger partial charge is 0.122 e. The standard InChI is InChI=1S/C13H14Cl2N2O/c1-2-5-17-8-16-7-12(17)13(18)10-6-9(14)3-4-11(10)15/h3-4,6-8,13,18H,2,5H2,1H3. The first-order chi connectivity index (χ1) is 8.63. The lowest BCUT2D eigenvalue weighted by molar-refractivity contribution is 0.210. The minimum absolute atomic E-state index is 0.496. The van der Waals surface area contributed by atoms with Crippen LogP contribution >= 0.6 is 23.2 Å². The van der Waals surface area contributed by atoms with Crippen LogP contribution < -0.4 is 0 Å². The molecule has 0 fully saturated rings. The summed E-state index contributed by atoms with van der Waals surface area (Å²) in [6.07, 6.45) is 3.52. The Kier molecular flexibility index (Phi) is 4.27. The number of rotatable bonds is 4. The summed E-state index contributed by atoms with van der Waals surface area (Å²) in [6, 6.07) is 5.06. The fourth-order valence-electron chi connectivity index (χ4n) is 1.87. The van der Waals surface area contributed by atoms with Gasteiger partial charge in [-0.25, -0.2) is 4.98 Å². The lowest BCUT2D eigenvalue weighted by atomic mass is 10.1. The Bertz CT molecular complexity index is 540. The Hall–Kier alpha value is -1.03. The number of aliphatic hydroxyl groups is 1. The fraction of sp³-hybridized carbons (Fsp3) is 0.308. The molecule has 0 bridgehead atoms. The minimum Gasteiger partial charge on any atom is -0.382 e. The van der Waals surface area contributed by atoms with Gasteiger partial charge >= 0.3 is 0 Å². The van der Waals surface area contributed by atoms with Crippen molar-refractivity contribution in [1.82, 2.24) is 9.55 Å². The van der Waals surface area contributed by atoms with Gasteiger partial charge in [-0.15, -0.1) is 0 Å². The van der Waals surface area contributed by atoms with E-state index in [2.05, 4.69) is 11.9 Å². The van der Waals surface area contributed by atoms with Crippen molar-refractivity contribution in [3.63, 3.8) is 0 Å². The lowest BCUT2D eigenvalue weighted by Crippen LogP contribution is -2.08. The highest BCUT2D eigenvalue weighted by Gasteiger charge is 2.18. The van der Waals surface area contributed by atoms with Crippen LogP contribution in [0.5, 0.6) is 0 Å². The molecule has 1 aromatic carbocycles. The monoisotopic (exact) mass is 284 g/mol. The highest BCUT2D eigenvalue weighted by Crippen LogP contribution is 2.30. The summed E-state index contributed by atoms with van der Waals surface area (Å²) in [5.74, 6) is 0. The predicted octanol–water partition coefficient (Wildman–Crippen LogP) is 3.68. The van der Waals surface area contributed by atoms with Gasteiger partial charge in [-0.1, -0.05) is 30.1 Å². The van der Waals surface area contributed by atoms with E-state index in [4.69, 9.17) is 23.2 Å². The molecule has 0 aliphatic heterocycles. The molecule has 0 spiro atoms. The molecule has 0 aliphatic rings. The maximum atomic E-state index is 10.4. The number of hydrogen-bond acceptors (Lipinski definition) is 2. The quantitative estimate of drug-likeness (QED) is 0.930. The fourth-order valence-corrected chi connectivity index (χ4v) is 2.27. The summed E-state index contributed by atoms with van der Waals surface area (Å²) in [5.41, 5.74) is 1.32. The first-order valence-electron chi connectivity index (χ1n) is 5.76. The molecule has 5 heteroatoms. The third-order valence-corrected chi connectivity index (χ3v) is 3.32. The molecule has 2 rings (SSSR count). The number of benzene rings is 1. The molecule has 1 N–H and O–H groups in total. The molecule has 3 nitrogen and oxygen atoms in total. The highest BCUT2D eigenvalue weighted by molar-refractivity contribution is 6.33. The number of hydrogen-bond donors (Lipinski definition) is 1. The van der Waals surface area contributed by atoms with Gasteiger partial charge in [0.1, 0.15) is 6.10 Å². The number of halogens is 2. The Labute approximate surface area is 116 Å². The van der Waals surface area contributed by atoms with Gasteiger partial charge in [0.15, 0.2) is 0 Å². The summed E-state index contributed by atoms with van der Waals surface area (Å²) in [7, 11) is 0. The molecule has 2 aromatic rings. The first-order valence-corrected chi connectivity index (χ1v) is 6.52. The van der Waals surface area contributed by atoms with Crippen molar-refractivity contribution in [1.29, 1.82) is 0 Å². The Balaban J connectivity index is 2.38. The molecule has 0 saturated heterocycles. The van der Waals surface area contributed by atoms with Gasteiger partial charge in [-0.3, -0.25) is 0 Å². The van der Waals surface area contributed by atoms with E-state index < -0.39 is 6.10 Å². The van der Waals surface area contributed by atoms with Crippen LogP contribution in [0.15, 0.2) is 30.7 Å². The molecule has 0 saturated carbocycles. The van der Waals surface area contributed by atoms with Crippen molar-refractivity contribution >= 4 is 23.2 Å². The second-order valence-corrected chi connectivity index (χ2v) is 4.92. The molecule has 0 amide bonds. The zero-order valence-corrected chi connectivity index (χ0v) is 11.5. The summed E-state index contributed by atoms with van der Waals surface area (Å²) in [6.45, 7) is 2.88. The summed E-state index contributed by atoms with van der Waals surface area (Å²) >= 11 is 12.0. The topological polar surface area (TPSA) is 38.0 Å². The van der Waals surface area contributed by atoms with Gasteiger partial charge in [0, 0.05) is 22.2 Å². The van der Waals surface area contributed by atoms with Crippen molar-refractivity contribution in [3.05, 3.63) is 52.0 Å². The van der Waals surface area contributed by atoms with Crippen LogP contribution in [-0.2, 0) is 6.54 Å². The van der Waals surface area contributed by atoms with Crippen LogP contribution in [-0.4, -0.2) is 14.7 Å². The normalized spacial score (nSPS) is 12.7. The van der Waals surface area contributed by atoms with Gasteiger partial charge < -0.3 is 9.67 Å². The number of aromatic nitrogens is 2. The second kappa shape index (κ2) is 5.74. The molecular weight excluding hydrogens is 271 g/mol. The number of imidazole rings is 1. The maximum absolute atomic E-state index is 10.4.